The first-order valence-corrected chi connectivity index (χ1v) is 6.77. The highest BCUT2D eigenvalue weighted by Crippen LogP contribution is 2.14. The molecule has 1 atom stereocenters. The topological polar surface area (TPSA) is 73.4 Å². The fraction of sp³-hybridized carbons (Fsp3) is 0.692. The summed E-state index contributed by atoms with van der Waals surface area (Å²) in [4.78, 5) is 14.3. The largest absolute Gasteiger partial charge is 0.375 e. The minimum absolute atomic E-state index is 0.0478. The van der Waals surface area contributed by atoms with Gasteiger partial charge in [-0.1, -0.05) is 0 Å². The highest BCUT2D eigenvalue weighted by atomic mass is 16.5. The van der Waals surface area contributed by atoms with Crippen molar-refractivity contribution in [2.75, 3.05) is 26.2 Å². The summed E-state index contributed by atoms with van der Waals surface area (Å²) in [5.74, 6) is 0.0478. The SMILES string of the molecule is Cc1c(C(=O)N2CCOC(C)C2)cnn1CCCN. The third-order valence-corrected chi connectivity index (χ3v) is 3.44. The molecule has 1 aliphatic rings. The van der Waals surface area contributed by atoms with Crippen molar-refractivity contribution in [1.29, 1.82) is 0 Å². The van der Waals surface area contributed by atoms with Crippen LogP contribution in [0.2, 0.25) is 0 Å². The van der Waals surface area contributed by atoms with E-state index < -0.39 is 0 Å². The van der Waals surface area contributed by atoms with Crippen LogP contribution in [-0.2, 0) is 11.3 Å². The Morgan fingerprint density at radius 1 is 1.63 bits per heavy atom. The Labute approximate surface area is 113 Å². The molecule has 6 heteroatoms. The molecule has 0 bridgehead atoms. The monoisotopic (exact) mass is 266 g/mol. The zero-order chi connectivity index (χ0) is 13.8. The Kier molecular flexibility index (Phi) is 4.55. The number of aryl methyl sites for hydroxylation is 1. The molecular formula is C13H22N4O2. The van der Waals surface area contributed by atoms with Crippen molar-refractivity contribution in [3.63, 3.8) is 0 Å². The van der Waals surface area contributed by atoms with Crippen LogP contribution in [0.5, 0.6) is 0 Å². The van der Waals surface area contributed by atoms with E-state index in [4.69, 9.17) is 10.5 Å². The van der Waals surface area contributed by atoms with Gasteiger partial charge in [0.15, 0.2) is 0 Å². The van der Waals surface area contributed by atoms with Gasteiger partial charge in [-0.25, -0.2) is 0 Å². The second-order valence-corrected chi connectivity index (χ2v) is 4.94. The molecule has 106 valence electrons. The molecule has 0 radical (unpaired) electrons. The number of ether oxygens (including phenoxy) is 1. The van der Waals surface area contributed by atoms with Crippen molar-refractivity contribution in [3.8, 4) is 0 Å². The first-order valence-electron chi connectivity index (χ1n) is 6.77. The predicted octanol–water partition coefficient (Wildman–Crippen LogP) is 0.401. The van der Waals surface area contributed by atoms with Crippen LogP contribution in [0.25, 0.3) is 0 Å². The van der Waals surface area contributed by atoms with E-state index in [1.165, 1.54) is 0 Å². The highest BCUT2D eigenvalue weighted by Gasteiger charge is 2.25. The van der Waals surface area contributed by atoms with Crippen LogP contribution in [0, 0.1) is 6.92 Å². The van der Waals surface area contributed by atoms with Crippen LogP contribution < -0.4 is 5.73 Å². The van der Waals surface area contributed by atoms with Crippen LogP contribution in [0.4, 0.5) is 0 Å². The molecule has 2 rings (SSSR count). The average molecular weight is 266 g/mol. The normalized spacial score (nSPS) is 19.7. The minimum atomic E-state index is 0.0478. The number of hydrogen-bond donors (Lipinski definition) is 1. The van der Waals surface area contributed by atoms with Crippen molar-refractivity contribution in [2.24, 2.45) is 5.73 Å². The Bertz CT molecular complexity index is 444. The standard InChI is InChI=1S/C13H22N4O2/c1-10-9-16(6-7-19-10)13(18)12-8-15-17(11(12)2)5-3-4-14/h8,10H,3-7,9,14H2,1-2H3. The highest BCUT2D eigenvalue weighted by molar-refractivity contribution is 5.95. The zero-order valence-electron chi connectivity index (χ0n) is 11.6. The summed E-state index contributed by atoms with van der Waals surface area (Å²) in [6.45, 7) is 7.20. The predicted molar refractivity (Wildman–Crippen MR) is 72.0 cm³/mol. The van der Waals surface area contributed by atoms with Gasteiger partial charge in [0.05, 0.1) is 24.5 Å². The molecule has 0 aliphatic carbocycles. The van der Waals surface area contributed by atoms with Gasteiger partial charge >= 0.3 is 0 Å². The molecule has 0 aromatic carbocycles. The number of hydrogen-bond acceptors (Lipinski definition) is 4. The lowest BCUT2D eigenvalue weighted by molar-refractivity contribution is -0.0124. The number of nitrogens with two attached hydrogens (primary N) is 1. The summed E-state index contributed by atoms with van der Waals surface area (Å²) in [5.41, 5.74) is 7.10. The number of amides is 1. The molecule has 2 heterocycles. The minimum Gasteiger partial charge on any atom is -0.375 e. The number of carbonyl (C=O) groups is 1. The summed E-state index contributed by atoms with van der Waals surface area (Å²) in [6, 6.07) is 0. The lowest BCUT2D eigenvalue weighted by atomic mass is 10.2. The van der Waals surface area contributed by atoms with Crippen LogP contribution in [0.1, 0.15) is 29.4 Å². The molecule has 1 saturated heterocycles. The maximum atomic E-state index is 12.4. The zero-order valence-corrected chi connectivity index (χ0v) is 11.6. The maximum Gasteiger partial charge on any atom is 0.257 e. The molecule has 1 amide bonds. The number of carbonyl (C=O) groups excluding carboxylic acids is 1. The fourth-order valence-corrected chi connectivity index (χ4v) is 2.30. The van der Waals surface area contributed by atoms with Gasteiger partial charge in [-0.3, -0.25) is 9.48 Å². The Balaban J connectivity index is 2.08. The average Bonchev–Trinajstić information content (AvgIpc) is 2.77. The van der Waals surface area contributed by atoms with Crippen molar-refractivity contribution in [2.45, 2.75) is 32.9 Å². The number of morpholine rings is 1. The van der Waals surface area contributed by atoms with Gasteiger partial charge in [0.1, 0.15) is 0 Å². The van der Waals surface area contributed by atoms with E-state index in [1.807, 2.05) is 23.4 Å². The summed E-state index contributed by atoms with van der Waals surface area (Å²) in [7, 11) is 0. The number of rotatable bonds is 4. The smallest absolute Gasteiger partial charge is 0.257 e. The van der Waals surface area contributed by atoms with E-state index in [0.717, 1.165) is 18.7 Å². The van der Waals surface area contributed by atoms with Crippen LogP contribution in [0.3, 0.4) is 0 Å². The van der Waals surface area contributed by atoms with E-state index >= 15 is 0 Å². The van der Waals surface area contributed by atoms with Crippen molar-refractivity contribution < 1.29 is 9.53 Å². The number of aromatic nitrogens is 2. The molecule has 0 saturated carbocycles. The summed E-state index contributed by atoms with van der Waals surface area (Å²) in [5, 5.41) is 4.27. The van der Waals surface area contributed by atoms with Crippen molar-refractivity contribution in [1.82, 2.24) is 14.7 Å². The van der Waals surface area contributed by atoms with E-state index in [9.17, 15) is 4.79 Å². The Hall–Kier alpha value is -1.40. The Morgan fingerprint density at radius 3 is 3.11 bits per heavy atom. The van der Waals surface area contributed by atoms with E-state index in [2.05, 4.69) is 5.10 Å². The fourth-order valence-electron chi connectivity index (χ4n) is 2.30. The summed E-state index contributed by atoms with van der Waals surface area (Å²) < 4.78 is 7.31. The van der Waals surface area contributed by atoms with Crippen LogP contribution in [-0.4, -0.2) is 52.9 Å². The second kappa shape index (κ2) is 6.16. The molecule has 2 N–H and O–H groups in total. The van der Waals surface area contributed by atoms with Crippen LogP contribution >= 0.6 is 0 Å². The Morgan fingerprint density at radius 2 is 2.42 bits per heavy atom. The molecule has 1 aliphatic heterocycles. The van der Waals surface area contributed by atoms with E-state index in [1.54, 1.807) is 6.20 Å². The molecule has 1 aromatic rings. The maximum absolute atomic E-state index is 12.4. The first kappa shape index (κ1) is 14.0. The van der Waals surface area contributed by atoms with Crippen molar-refractivity contribution in [3.05, 3.63) is 17.5 Å². The summed E-state index contributed by atoms with van der Waals surface area (Å²) >= 11 is 0. The third kappa shape index (κ3) is 3.13. The van der Waals surface area contributed by atoms with Gasteiger partial charge in [0, 0.05) is 25.3 Å². The lowest BCUT2D eigenvalue weighted by Crippen LogP contribution is -2.44. The van der Waals surface area contributed by atoms with Crippen LogP contribution in [0.15, 0.2) is 6.20 Å². The van der Waals surface area contributed by atoms with E-state index in [-0.39, 0.29) is 12.0 Å². The first-order chi connectivity index (χ1) is 9.13. The van der Waals surface area contributed by atoms with Gasteiger partial charge < -0.3 is 15.4 Å². The molecular weight excluding hydrogens is 244 g/mol. The van der Waals surface area contributed by atoms with Crippen molar-refractivity contribution >= 4 is 5.91 Å². The third-order valence-electron chi connectivity index (χ3n) is 3.44. The van der Waals surface area contributed by atoms with Gasteiger partial charge in [-0.05, 0) is 26.8 Å². The van der Waals surface area contributed by atoms with Gasteiger partial charge in [0.2, 0.25) is 0 Å². The second-order valence-electron chi connectivity index (χ2n) is 4.94. The van der Waals surface area contributed by atoms with Gasteiger partial charge in [-0.2, -0.15) is 5.10 Å². The number of nitrogens with zero attached hydrogens (tertiary/aromatic N) is 3. The molecule has 19 heavy (non-hydrogen) atoms. The molecule has 1 fully saturated rings. The quantitative estimate of drug-likeness (QED) is 0.856. The van der Waals surface area contributed by atoms with Gasteiger partial charge in [0.25, 0.3) is 5.91 Å². The van der Waals surface area contributed by atoms with E-state index in [0.29, 0.717) is 31.8 Å². The molecule has 1 unspecified atom stereocenters. The molecule has 1 aromatic heterocycles. The lowest BCUT2D eigenvalue weighted by Gasteiger charge is -2.31. The van der Waals surface area contributed by atoms with Gasteiger partial charge in [-0.15, -0.1) is 0 Å². The molecule has 6 nitrogen and oxygen atoms in total. The summed E-state index contributed by atoms with van der Waals surface area (Å²) in [6.07, 6.45) is 2.63. The molecule has 0 spiro atoms.